The van der Waals surface area contributed by atoms with Gasteiger partial charge in [0.1, 0.15) is 11.0 Å². The van der Waals surface area contributed by atoms with Crippen LogP contribution in [0, 0.1) is 15.5 Å². The number of hydrogen-bond donors (Lipinski definition) is 2. The minimum absolute atomic E-state index is 0.0260. The molecular formula is C11H14ClN3O3. The van der Waals surface area contributed by atoms with Crippen molar-refractivity contribution in [3.05, 3.63) is 27.4 Å². The Bertz CT molecular complexity index is 492. The van der Waals surface area contributed by atoms with Crippen molar-refractivity contribution >= 4 is 23.1 Å². The second kappa shape index (κ2) is 4.37. The van der Waals surface area contributed by atoms with E-state index >= 15 is 0 Å². The SMILES string of the molecule is CC1(C)C(O)CC1Nc1cc([N+](=O)[O-])cc(Cl)n1. The van der Waals surface area contributed by atoms with Crippen molar-refractivity contribution in [3.63, 3.8) is 0 Å². The number of anilines is 1. The number of nitro groups is 1. The number of aliphatic hydroxyl groups excluding tert-OH is 1. The van der Waals surface area contributed by atoms with E-state index in [-0.39, 0.29) is 28.4 Å². The number of pyridine rings is 1. The number of halogens is 1. The molecule has 18 heavy (non-hydrogen) atoms. The molecule has 2 rings (SSSR count). The molecule has 7 heteroatoms. The van der Waals surface area contributed by atoms with Crippen molar-refractivity contribution in [2.45, 2.75) is 32.4 Å². The molecule has 1 aliphatic rings. The lowest BCUT2D eigenvalue weighted by atomic mass is 9.64. The van der Waals surface area contributed by atoms with Crippen LogP contribution >= 0.6 is 11.6 Å². The second-order valence-electron chi connectivity index (χ2n) is 5.06. The molecule has 0 saturated heterocycles. The number of nitrogens with one attached hydrogen (secondary N) is 1. The maximum atomic E-state index is 10.7. The number of rotatable bonds is 3. The zero-order valence-electron chi connectivity index (χ0n) is 10.1. The molecule has 1 aliphatic carbocycles. The van der Waals surface area contributed by atoms with Gasteiger partial charge in [0.2, 0.25) is 0 Å². The van der Waals surface area contributed by atoms with E-state index in [1.807, 2.05) is 13.8 Å². The fourth-order valence-corrected chi connectivity index (χ4v) is 2.19. The lowest BCUT2D eigenvalue weighted by Crippen LogP contribution is -2.57. The molecule has 2 atom stereocenters. The normalized spacial score (nSPS) is 25.3. The highest BCUT2D eigenvalue weighted by Crippen LogP contribution is 2.42. The molecule has 1 fully saturated rings. The third-order valence-corrected chi connectivity index (χ3v) is 3.72. The lowest BCUT2D eigenvalue weighted by Gasteiger charge is -2.49. The van der Waals surface area contributed by atoms with Crippen LogP contribution in [0.3, 0.4) is 0 Å². The lowest BCUT2D eigenvalue weighted by molar-refractivity contribution is -0.384. The summed E-state index contributed by atoms with van der Waals surface area (Å²) in [7, 11) is 0. The van der Waals surface area contributed by atoms with Crippen molar-refractivity contribution in [1.82, 2.24) is 4.98 Å². The first-order chi connectivity index (χ1) is 8.30. The van der Waals surface area contributed by atoms with Gasteiger partial charge in [-0.05, 0) is 6.42 Å². The topological polar surface area (TPSA) is 88.3 Å². The van der Waals surface area contributed by atoms with Gasteiger partial charge in [-0.15, -0.1) is 0 Å². The van der Waals surface area contributed by atoms with E-state index in [2.05, 4.69) is 10.3 Å². The smallest absolute Gasteiger partial charge is 0.276 e. The number of hydrogen-bond acceptors (Lipinski definition) is 5. The summed E-state index contributed by atoms with van der Waals surface area (Å²) in [6.07, 6.45) is 0.221. The van der Waals surface area contributed by atoms with Crippen molar-refractivity contribution in [3.8, 4) is 0 Å². The largest absolute Gasteiger partial charge is 0.392 e. The molecule has 2 unspecified atom stereocenters. The summed E-state index contributed by atoms with van der Waals surface area (Å²) < 4.78 is 0. The average Bonchev–Trinajstić information content (AvgIpc) is 2.28. The summed E-state index contributed by atoms with van der Waals surface area (Å²) in [6, 6.07) is 2.57. The zero-order chi connectivity index (χ0) is 13.5. The first-order valence-corrected chi connectivity index (χ1v) is 5.95. The molecule has 98 valence electrons. The molecule has 1 aromatic rings. The molecule has 1 saturated carbocycles. The molecule has 0 amide bonds. The second-order valence-corrected chi connectivity index (χ2v) is 5.45. The van der Waals surface area contributed by atoms with E-state index < -0.39 is 4.92 Å². The maximum absolute atomic E-state index is 10.7. The van der Waals surface area contributed by atoms with Crippen molar-refractivity contribution in [2.24, 2.45) is 5.41 Å². The van der Waals surface area contributed by atoms with Gasteiger partial charge in [-0.3, -0.25) is 10.1 Å². The van der Waals surface area contributed by atoms with Gasteiger partial charge in [-0.1, -0.05) is 25.4 Å². The Morgan fingerprint density at radius 3 is 2.78 bits per heavy atom. The highest BCUT2D eigenvalue weighted by atomic mass is 35.5. The van der Waals surface area contributed by atoms with Crippen LogP contribution in [-0.2, 0) is 0 Å². The maximum Gasteiger partial charge on any atom is 0.276 e. The monoisotopic (exact) mass is 271 g/mol. The Hall–Kier alpha value is -1.40. The molecule has 1 aromatic heterocycles. The first-order valence-electron chi connectivity index (χ1n) is 5.57. The summed E-state index contributed by atoms with van der Waals surface area (Å²) in [6.45, 7) is 3.86. The molecule has 1 heterocycles. The minimum atomic E-state index is -0.514. The van der Waals surface area contributed by atoms with Gasteiger partial charge in [-0.2, -0.15) is 0 Å². The van der Waals surface area contributed by atoms with E-state index in [1.54, 1.807) is 0 Å². The fraction of sp³-hybridized carbons (Fsp3) is 0.545. The van der Waals surface area contributed by atoms with Crippen molar-refractivity contribution < 1.29 is 10.0 Å². The van der Waals surface area contributed by atoms with Gasteiger partial charge >= 0.3 is 0 Å². The Morgan fingerprint density at radius 1 is 1.61 bits per heavy atom. The van der Waals surface area contributed by atoms with Crippen LogP contribution in [0.4, 0.5) is 11.5 Å². The predicted octanol–water partition coefficient (Wildman–Crippen LogP) is 2.21. The number of aliphatic hydroxyl groups is 1. The Balaban J connectivity index is 2.18. The molecule has 0 aliphatic heterocycles. The molecule has 2 N–H and O–H groups in total. The van der Waals surface area contributed by atoms with Crippen LogP contribution < -0.4 is 5.32 Å². The summed E-state index contributed by atoms with van der Waals surface area (Å²) >= 11 is 5.73. The van der Waals surface area contributed by atoms with Crippen molar-refractivity contribution in [1.29, 1.82) is 0 Å². The minimum Gasteiger partial charge on any atom is -0.392 e. The third kappa shape index (κ3) is 2.26. The van der Waals surface area contributed by atoms with Gasteiger partial charge < -0.3 is 10.4 Å². The average molecular weight is 272 g/mol. The summed E-state index contributed by atoms with van der Waals surface area (Å²) in [5.74, 6) is 0.360. The van der Waals surface area contributed by atoms with E-state index in [0.29, 0.717) is 12.2 Å². The van der Waals surface area contributed by atoms with Crippen LogP contribution in [0.5, 0.6) is 0 Å². The highest BCUT2D eigenvalue weighted by molar-refractivity contribution is 6.29. The molecule has 0 spiro atoms. The molecular weight excluding hydrogens is 258 g/mol. The summed E-state index contributed by atoms with van der Waals surface area (Å²) in [5, 5.41) is 23.5. The molecule has 0 bridgehead atoms. The van der Waals surface area contributed by atoms with E-state index in [0.717, 1.165) is 0 Å². The molecule has 0 aromatic carbocycles. The van der Waals surface area contributed by atoms with Crippen molar-refractivity contribution in [2.75, 3.05) is 5.32 Å². The van der Waals surface area contributed by atoms with E-state index in [9.17, 15) is 15.2 Å². The standard InChI is InChI=1S/C11H14ClN3O3/c1-11(2)7(5-8(11)16)13-10-4-6(15(17)18)3-9(12)14-10/h3-4,7-8,16H,5H2,1-2H3,(H,13,14). The first kappa shape index (κ1) is 13.0. The Kier molecular flexibility index (Phi) is 3.16. The van der Waals surface area contributed by atoms with Crippen LogP contribution in [0.15, 0.2) is 12.1 Å². The van der Waals surface area contributed by atoms with Gasteiger partial charge in [0, 0.05) is 11.5 Å². The van der Waals surface area contributed by atoms with Gasteiger partial charge in [0.25, 0.3) is 5.69 Å². The van der Waals surface area contributed by atoms with Gasteiger partial charge in [-0.25, -0.2) is 4.98 Å². The van der Waals surface area contributed by atoms with Gasteiger partial charge in [0.15, 0.2) is 0 Å². The Morgan fingerprint density at radius 2 is 2.28 bits per heavy atom. The van der Waals surface area contributed by atoms with Crippen LogP contribution in [-0.4, -0.2) is 27.2 Å². The highest BCUT2D eigenvalue weighted by Gasteiger charge is 2.47. The van der Waals surface area contributed by atoms with E-state index in [1.165, 1.54) is 12.1 Å². The van der Waals surface area contributed by atoms with Crippen LogP contribution in [0.1, 0.15) is 20.3 Å². The number of nitrogens with zero attached hydrogens (tertiary/aromatic N) is 2. The Labute approximate surface area is 109 Å². The van der Waals surface area contributed by atoms with Crippen LogP contribution in [0.2, 0.25) is 5.15 Å². The summed E-state index contributed by atoms with van der Waals surface area (Å²) in [4.78, 5) is 14.2. The van der Waals surface area contributed by atoms with Crippen LogP contribution in [0.25, 0.3) is 0 Å². The third-order valence-electron chi connectivity index (χ3n) is 3.53. The van der Waals surface area contributed by atoms with E-state index in [4.69, 9.17) is 11.6 Å². The molecule has 6 nitrogen and oxygen atoms in total. The fourth-order valence-electron chi connectivity index (χ4n) is 1.99. The quantitative estimate of drug-likeness (QED) is 0.500. The van der Waals surface area contributed by atoms with Gasteiger partial charge in [0.05, 0.1) is 23.2 Å². The predicted molar refractivity (Wildman–Crippen MR) is 67.7 cm³/mol. The molecule has 0 radical (unpaired) electrons. The number of aromatic nitrogens is 1. The zero-order valence-corrected chi connectivity index (χ0v) is 10.8. The summed E-state index contributed by atoms with van der Waals surface area (Å²) in [5.41, 5.74) is -0.381.